The molecule has 1 aromatic heterocycles. The van der Waals surface area contributed by atoms with Crippen LogP contribution in [-0.4, -0.2) is 60.4 Å². The van der Waals surface area contributed by atoms with Crippen LogP contribution in [0.25, 0.3) is 5.76 Å². The molecule has 7 nitrogen and oxygen atoms in total. The minimum Gasteiger partial charge on any atom is -0.507 e. The molecule has 1 saturated heterocycles. The van der Waals surface area contributed by atoms with E-state index in [0.29, 0.717) is 36.6 Å². The van der Waals surface area contributed by atoms with Crippen molar-refractivity contribution in [3.8, 4) is 5.75 Å². The topological polar surface area (TPSA) is 83.2 Å². The fourth-order valence-corrected chi connectivity index (χ4v) is 3.47. The van der Waals surface area contributed by atoms with Gasteiger partial charge in [0.2, 0.25) is 0 Å². The van der Waals surface area contributed by atoms with E-state index < -0.39 is 17.7 Å². The molecule has 2 aromatic rings. The number of furan rings is 1. The van der Waals surface area contributed by atoms with Crippen LogP contribution < -0.4 is 4.74 Å². The molecule has 1 aliphatic rings. The summed E-state index contributed by atoms with van der Waals surface area (Å²) >= 11 is 0. The quantitative estimate of drug-likeness (QED) is 0.418. The molecular weight excluding hydrogens is 372 g/mol. The molecule has 1 aromatic carbocycles. The number of rotatable bonds is 8. The minimum atomic E-state index is -0.761. The molecule has 1 atom stereocenters. The van der Waals surface area contributed by atoms with Gasteiger partial charge in [0.15, 0.2) is 0 Å². The first-order valence-corrected chi connectivity index (χ1v) is 9.63. The van der Waals surface area contributed by atoms with E-state index in [1.807, 2.05) is 25.9 Å². The molecule has 0 saturated carbocycles. The number of benzene rings is 1. The van der Waals surface area contributed by atoms with Crippen LogP contribution in [0, 0.1) is 0 Å². The number of amides is 1. The lowest BCUT2D eigenvalue weighted by Gasteiger charge is -2.24. The Kier molecular flexibility index (Phi) is 6.39. The summed E-state index contributed by atoms with van der Waals surface area (Å²) in [7, 11) is 3.90. The van der Waals surface area contributed by atoms with Gasteiger partial charge in [0.05, 0.1) is 18.4 Å². The normalized spacial score (nSPS) is 18.6. The lowest BCUT2D eigenvalue weighted by molar-refractivity contribution is -0.140. The highest BCUT2D eigenvalue weighted by Gasteiger charge is 2.47. The average Bonchev–Trinajstić information content (AvgIpc) is 3.30. The molecule has 0 aliphatic carbocycles. The molecule has 1 fully saturated rings. The molecule has 2 heterocycles. The van der Waals surface area contributed by atoms with Gasteiger partial charge in [0.1, 0.15) is 23.3 Å². The Morgan fingerprint density at radius 2 is 2.03 bits per heavy atom. The van der Waals surface area contributed by atoms with Gasteiger partial charge in [-0.3, -0.25) is 9.59 Å². The largest absolute Gasteiger partial charge is 0.507 e. The fraction of sp³-hybridized carbons (Fsp3) is 0.364. The van der Waals surface area contributed by atoms with Crippen molar-refractivity contribution in [3.05, 3.63) is 59.6 Å². The van der Waals surface area contributed by atoms with Gasteiger partial charge in [-0.2, -0.15) is 0 Å². The molecule has 1 unspecified atom stereocenters. The zero-order valence-electron chi connectivity index (χ0n) is 16.9. The number of hydrogen-bond donors (Lipinski definition) is 1. The number of likely N-dealkylation sites (tertiary alicyclic amines) is 1. The zero-order chi connectivity index (χ0) is 21.0. The maximum atomic E-state index is 12.9. The van der Waals surface area contributed by atoms with Crippen LogP contribution >= 0.6 is 0 Å². The summed E-state index contributed by atoms with van der Waals surface area (Å²) in [6.07, 6.45) is 2.18. The van der Waals surface area contributed by atoms with E-state index in [9.17, 15) is 14.7 Å². The molecule has 1 aliphatic heterocycles. The van der Waals surface area contributed by atoms with Gasteiger partial charge < -0.3 is 24.1 Å². The molecule has 1 amide bonds. The van der Waals surface area contributed by atoms with E-state index >= 15 is 0 Å². The molecule has 0 radical (unpaired) electrons. The van der Waals surface area contributed by atoms with Gasteiger partial charge >= 0.3 is 0 Å². The summed E-state index contributed by atoms with van der Waals surface area (Å²) in [4.78, 5) is 29.1. The number of aliphatic hydroxyl groups excluding tert-OH is 1. The van der Waals surface area contributed by atoms with Crippen molar-refractivity contribution in [1.82, 2.24) is 9.80 Å². The predicted molar refractivity (Wildman–Crippen MR) is 108 cm³/mol. The summed E-state index contributed by atoms with van der Waals surface area (Å²) in [6.45, 7) is 3.49. The van der Waals surface area contributed by atoms with E-state index in [-0.39, 0.29) is 11.3 Å². The summed E-state index contributed by atoms with van der Waals surface area (Å²) < 4.78 is 11.0. The lowest BCUT2D eigenvalue weighted by Crippen LogP contribution is -2.32. The fourth-order valence-electron chi connectivity index (χ4n) is 3.47. The first-order chi connectivity index (χ1) is 13.9. The number of ketones is 1. The predicted octanol–water partition coefficient (Wildman–Crippen LogP) is 3.05. The maximum Gasteiger partial charge on any atom is 0.295 e. The number of carbonyl (C=O) groups excluding carboxylic acids is 2. The van der Waals surface area contributed by atoms with Crippen LogP contribution in [0.5, 0.6) is 5.75 Å². The monoisotopic (exact) mass is 398 g/mol. The zero-order valence-corrected chi connectivity index (χ0v) is 16.9. The second kappa shape index (κ2) is 8.96. The summed E-state index contributed by atoms with van der Waals surface area (Å²) in [5.41, 5.74) is 0.447. The van der Waals surface area contributed by atoms with Gasteiger partial charge in [-0.15, -0.1) is 0 Å². The van der Waals surface area contributed by atoms with Crippen LogP contribution in [-0.2, 0) is 9.59 Å². The van der Waals surface area contributed by atoms with Crippen molar-refractivity contribution in [3.63, 3.8) is 0 Å². The third-order valence-electron chi connectivity index (χ3n) is 4.78. The molecule has 1 N–H and O–H groups in total. The van der Waals surface area contributed by atoms with Crippen molar-refractivity contribution >= 4 is 17.4 Å². The maximum absolute atomic E-state index is 12.9. The number of nitrogens with zero attached hydrogens (tertiary/aromatic N) is 2. The van der Waals surface area contributed by atoms with Crippen molar-refractivity contribution in [2.75, 3.05) is 33.8 Å². The van der Waals surface area contributed by atoms with Crippen LogP contribution in [0.2, 0.25) is 0 Å². The lowest BCUT2D eigenvalue weighted by atomic mass is 9.99. The van der Waals surface area contributed by atoms with Gasteiger partial charge in [-0.25, -0.2) is 0 Å². The average molecular weight is 398 g/mol. The van der Waals surface area contributed by atoms with Crippen molar-refractivity contribution in [2.24, 2.45) is 0 Å². The molecule has 29 heavy (non-hydrogen) atoms. The van der Waals surface area contributed by atoms with Crippen molar-refractivity contribution in [2.45, 2.75) is 19.4 Å². The summed E-state index contributed by atoms with van der Waals surface area (Å²) in [6, 6.07) is 9.47. The van der Waals surface area contributed by atoms with Crippen LogP contribution in [0.15, 0.2) is 52.7 Å². The Morgan fingerprint density at radius 1 is 1.24 bits per heavy atom. The highest BCUT2D eigenvalue weighted by Crippen LogP contribution is 2.39. The molecule has 7 heteroatoms. The summed E-state index contributed by atoms with van der Waals surface area (Å²) in [5.74, 6) is -0.562. The van der Waals surface area contributed by atoms with Gasteiger partial charge in [0.25, 0.3) is 11.7 Å². The molecule has 3 rings (SSSR count). The Bertz CT molecular complexity index is 902. The van der Waals surface area contributed by atoms with Crippen LogP contribution in [0.3, 0.4) is 0 Å². The van der Waals surface area contributed by atoms with E-state index in [1.165, 1.54) is 11.2 Å². The number of aliphatic hydroxyl groups is 1. The molecule has 0 bridgehead atoms. The SMILES string of the molecule is CCOc1cccc(/C(O)=C2/C(=O)C(=O)N(CCCN(C)C)C2c2ccco2)c1. The highest BCUT2D eigenvalue weighted by atomic mass is 16.5. The number of Topliss-reactive ketones (excluding diaryl/α,β-unsaturated/α-hetero) is 1. The van der Waals surface area contributed by atoms with Crippen molar-refractivity contribution in [1.29, 1.82) is 0 Å². The number of carbonyl (C=O) groups is 2. The third kappa shape index (κ3) is 4.35. The molecule has 0 spiro atoms. The number of hydrogen-bond acceptors (Lipinski definition) is 6. The Hall–Kier alpha value is -3.06. The first-order valence-electron chi connectivity index (χ1n) is 9.63. The second-order valence-corrected chi connectivity index (χ2v) is 7.13. The van der Waals surface area contributed by atoms with E-state index in [0.717, 1.165) is 6.54 Å². The van der Waals surface area contributed by atoms with Crippen molar-refractivity contribution < 1.29 is 23.8 Å². The summed E-state index contributed by atoms with van der Waals surface area (Å²) in [5, 5.41) is 11.0. The van der Waals surface area contributed by atoms with Gasteiger partial charge in [-0.05, 0) is 58.3 Å². The Morgan fingerprint density at radius 3 is 2.69 bits per heavy atom. The third-order valence-corrected chi connectivity index (χ3v) is 4.78. The standard InChI is InChI=1S/C22H26N2O5/c1-4-28-16-9-5-8-15(14-16)20(25)18-19(17-10-6-13-29-17)24(22(27)21(18)26)12-7-11-23(2)3/h5-6,8-10,13-14,19,25H,4,7,11-12H2,1-3H3/b20-18-. The smallest absolute Gasteiger partial charge is 0.295 e. The second-order valence-electron chi connectivity index (χ2n) is 7.13. The molecule has 154 valence electrons. The molecular formula is C22H26N2O5. The van der Waals surface area contributed by atoms with Gasteiger partial charge in [-0.1, -0.05) is 12.1 Å². The highest BCUT2D eigenvalue weighted by molar-refractivity contribution is 6.46. The van der Waals surface area contributed by atoms with Gasteiger partial charge in [0, 0.05) is 12.1 Å². The van der Waals surface area contributed by atoms with Crippen LogP contribution in [0.4, 0.5) is 0 Å². The Labute approximate surface area is 170 Å². The minimum absolute atomic E-state index is 0.0310. The first kappa shape index (κ1) is 20.7. The van der Waals surface area contributed by atoms with E-state index in [1.54, 1.807) is 36.4 Å². The Balaban J connectivity index is 2.03. The van der Waals surface area contributed by atoms with Crippen LogP contribution in [0.1, 0.15) is 30.7 Å². The van der Waals surface area contributed by atoms with E-state index in [4.69, 9.17) is 9.15 Å². The van der Waals surface area contributed by atoms with E-state index in [2.05, 4.69) is 0 Å². The number of ether oxygens (including phenoxy) is 1.